The number of rotatable bonds is 8. The molecule has 2 aliphatic heterocycles. The van der Waals surface area contributed by atoms with Crippen molar-refractivity contribution in [1.29, 1.82) is 0 Å². The highest BCUT2D eigenvalue weighted by atomic mass is 35.5. The number of carbonyl (C=O) groups is 1. The number of amidine groups is 1. The van der Waals surface area contributed by atoms with Gasteiger partial charge in [0.2, 0.25) is 10.0 Å². The average Bonchev–Trinajstić information content (AvgIpc) is 3.65. The molecule has 41 heavy (non-hydrogen) atoms. The molecular weight excluding hydrogens is 595 g/mol. The molecule has 0 spiro atoms. The molecular formula is C26H28ClFN6O5S2. The van der Waals surface area contributed by atoms with Crippen molar-refractivity contribution in [3.05, 3.63) is 74.9 Å². The second-order valence-electron chi connectivity index (χ2n) is 9.75. The van der Waals surface area contributed by atoms with Gasteiger partial charge in [0.25, 0.3) is 0 Å². The normalized spacial score (nSPS) is 19.5. The summed E-state index contributed by atoms with van der Waals surface area (Å²) >= 11 is 7.78. The number of benzene rings is 1. The van der Waals surface area contributed by atoms with E-state index in [1.165, 1.54) is 58.0 Å². The predicted octanol–water partition coefficient (Wildman–Crippen LogP) is 3.13. The number of hydrogen-bond donors (Lipinski definition) is 2. The van der Waals surface area contributed by atoms with E-state index in [1.54, 1.807) is 18.5 Å². The van der Waals surface area contributed by atoms with Crippen molar-refractivity contribution in [1.82, 2.24) is 24.4 Å². The summed E-state index contributed by atoms with van der Waals surface area (Å²) in [6.45, 7) is 2.16. The van der Waals surface area contributed by atoms with Gasteiger partial charge in [-0.3, -0.25) is 9.67 Å². The summed E-state index contributed by atoms with van der Waals surface area (Å²) in [6.07, 6.45) is 4.45. The van der Waals surface area contributed by atoms with Gasteiger partial charge in [-0.2, -0.15) is 9.40 Å². The van der Waals surface area contributed by atoms with E-state index in [2.05, 4.69) is 15.4 Å². The number of methoxy groups -OCH3 is 1. The maximum absolute atomic E-state index is 13.9. The zero-order valence-electron chi connectivity index (χ0n) is 22.2. The second-order valence-corrected chi connectivity index (χ2v) is 13.0. The number of piperidine rings is 1. The molecule has 2 aliphatic rings. The summed E-state index contributed by atoms with van der Waals surface area (Å²) in [7, 11) is -2.55. The highest BCUT2D eigenvalue weighted by molar-refractivity contribution is 7.89. The Kier molecular flexibility index (Phi) is 8.57. The number of aliphatic hydroxyl groups is 1. The number of esters is 1. The van der Waals surface area contributed by atoms with Crippen molar-refractivity contribution < 1.29 is 27.4 Å². The molecule has 0 aliphatic carbocycles. The van der Waals surface area contributed by atoms with E-state index in [9.17, 15) is 22.7 Å². The monoisotopic (exact) mass is 622 g/mol. The summed E-state index contributed by atoms with van der Waals surface area (Å²) in [4.78, 5) is 22.4. The van der Waals surface area contributed by atoms with Crippen LogP contribution in [0, 0.1) is 11.7 Å². The third kappa shape index (κ3) is 6.06. The molecule has 218 valence electrons. The lowest BCUT2D eigenvalue weighted by Gasteiger charge is -2.36. The lowest BCUT2D eigenvalue weighted by atomic mass is 9.86. The van der Waals surface area contributed by atoms with E-state index >= 15 is 0 Å². The van der Waals surface area contributed by atoms with Crippen molar-refractivity contribution in [2.24, 2.45) is 10.9 Å². The van der Waals surface area contributed by atoms with Gasteiger partial charge in [0, 0.05) is 53.1 Å². The molecule has 2 aromatic heterocycles. The van der Waals surface area contributed by atoms with Gasteiger partial charge >= 0.3 is 5.97 Å². The fraction of sp³-hybridized carbons (Fsp3) is 0.385. The Morgan fingerprint density at radius 1 is 1.34 bits per heavy atom. The first-order valence-electron chi connectivity index (χ1n) is 12.8. The Bertz CT molecular complexity index is 1600. The highest BCUT2D eigenvalue weighted by Crippen LogP contribution is 2.40. The first-order chi connectivity index (χ1) is 19.6. The molecule has 1 fully saturated rings. The van der Waals surface area contributed by atoms with Crippen LogP contribution in [0.1, 0.15) is 36.4 Å². The molecule has 3 aromatic rings. The van der Waals surface area contributed by atoms with Crippen molar-refractivity contribution in [2.75, 3.05) is 20.2 Å². The van der Waals surface area contributed by atoms with Crippen LogP contribution in [-0.2, 0) is 26.1 Å². The van der Waals surface area contributed by atoms with Crippen LogP contribution in [0.4, 0.5) is 4.39 Å². The molecule has 0 saturated carbocycles. The molecule has 1 saturated heterocycles. The molecule has 11 nitrogen and oxygen atoms in total. The third-order valence-corrected chi connectivity index (χ3v) is 9.89. The number of allylic oxidation sites excluding steroid dienone is 1. The Hall–Kier alpha value is -3.17. The standard InChI is InChI=1S/C26H28ClFN6O5S2/c1-15(35)13-33-14-18(12-30-33)41(37,38)34-8-5-16(6-9-34)22-21(26(36)39-2)23(19-4-3-17(28)11-20(19)27)32-24(31-22)25-29-7-10-40-25/h3-4,7,10-12,14-16,23,35H,5-6,8-9,13H2,1-2H3,(H,31,32). The molecule has 4 heterocycles. The van der Waals surface area contributed by atoms with Gasteiger partial charge in [0.1, 0.15) is 16.8 Å². The van der Waals surface area contributed by atoms with Crippen LogP contribution in [-0.4, -0.2) is 70.7 Å². The van der Waals surface area contributed by atoms with Crippen molar-refractivity contribution in [3.8, 4) is 0 Å². The van der Waals surface area contributed by atoms with Crippen LogP contribution in [0.25, 0.3) is 0 Å². The van der Waals surface area contributed by atoms with Crippen molar-refractivity contribution >= 4 is 44.8 Å². The van der Waals surface area contributed by atoms with Crippen LogP contribution in [0.15, 0.2) is 63.3 Å². The maximum Gasteiger partial charge on any atom is 0.338 e. The summed E-state index contributed by atoms with van der Waals surface area (Å²) in [5, 5.41) is 19.4. The topological polar surface area (TPSA) is 139 Å². The zero-order chi connectivity index (χ0) is 29.3. The average molecular weight is 623 g/mol. The van der Waals surface area contributed by atoms with Gasteiger partial charge in [-0.1, -0.05) is 17.7 Å². The SMILES string of the molecule is COC(=O)C1=C(C2CCN(S(=O)(=O)c3cnn(CC(C)O)c3)CC2)NC(c2nccs2)=NC1c1ccc(F)cc1Cl. The number of carbonyl (C=O) groups excluding carboxylic acids is 1. The van der Waals surface area contributed by atoms with Gasteiger partial charge in [0.15, 0.2) is 10.8 Å². The van der Waals surface area contributed by atoms with E-state index in [0.717, 1.165) is 0 Å². The third-order valence-electron chi connectivity index (χ3n) is 6.93. The quantitative estimate of drug-likeness (QED) is 0.366. The number of aliphatic hydroxyl groups excluding tert-OH is 1. The largest absolute Gasteiger partial charge is 0.466 e. The number of ether oxygens (including phenoxy) is 1. The summed E-state index contributed by atoms with van der Waals surface area (Å²) in [5.41, 5.74) is 1.20. The first kappa shape index (κ1) is 29.3. The Morgan fingerprint density at radius 2 is 2.10 bits per heavy atom. The van der Waals surface area contributed by atoms with Crippen LogP contribution in [0.2, 0.25) is 5.02 Å². The van der Waals surface area contributed by atoms with E-state index in [-0.39, 0.29) is 41.0 Å². The molecule has 0 radical (unpaired) electrons. The summed E-state index contributed by atoms with van der Waals surface area (Å²) in [6, 6.07) is 3.01. The van der Waals surface area contributed by atoms with Gasteiger partial charge in [0.05, 0.1) is 31.5 Å². The fourth-order valence-corrected chi connectivity index (χ4v) is 7.28. The first-order valence-corrected chi connectivity index (χ1v) is 15.5. The minimum absolute atomic E-state index is 0.0473. The smallest absolute Gasteiger partial charge is 0.338 e. The lowest BCUT2D eigenvalue weighted by Crippen LogP contribution is -2.43. The Balaban J connectivity index is 1.47. The predicted molar refractivity (Wildman–Crippen MR) is 150 cm³/mol. The number of hydrogen-bond acceptors (Lipinski definition) is 10. The van der Waals surface area contributed by atoms with Gasteiger partial charge in [-0.25, -0.2) is 22.6 Å². The van der Waals surface area contributed by atoms with Crippen molar-refractivity contribution in [3.63, 3.8) is 0 Å². The Morgan fingerprint density at radius 3 is 2.73 bits per heavy atom. The fourth-order valence-electron chi connectivity index (χ4n) is 5.00. The molecule has 2 unspecified atom stereocenters. The van der Waals surface area contributed by atoms with E-state index < -0.39 is 34.0 Å². The van der Waals surface area contributed by atoms with Crippen LogP contribution < -0.4 is 5.32 Å². The molecule has 15 heteroatoms. The van der Waals surface area contributed by atoms with Crippen LogP contribution in [0.3, 0.4) is 0 Å². The minimum atomic E-state index is -3.82. The summed E-state index contributed by atoms with van der Waals surface area (Å²) < 4.78 is 48.5. The summed E-state index contributed by atoms with van der Waals surface area (Å²) in [5.74, 6) is -0.972. The molecule has 0 bridgehead atoms. The number of nitrogens with zero attached hydrogens (tertiary/aromatic N) is 5. The number of aliphatic imine (C=N–C) groups is 1. The zero-order valence-corrected chi connectivity index (χ0v) is 24.6. The lowest BCUT2D eigenvalue weighted by molar-refractivity contribution is -0.136. The second kappa shape index (κ2) is 12.0. The van der Waals surface area contributed by atoms with Gasteiger partial charge in [-0.15, -0.1) is 11.3 Å². The van der Waals surface area contributed by atoms with Crippen molar-refractivity contribution in [2.45, 2.75) is 43.4 Å². The van der Waals surface area contributed by atoms with Gasteiger partial charge < -0.3 is 15.2 Å². The van der Waals surface area contributed by atoms with Crippen LogP contribution in [0.5, 0.6) is 0 Å². The number of thiazole rings is 1. The number of halogens is 2. The molecule has 0 amide bonds. The molecule has 2 atom stereocenters. The highest BCUT2D eigenvalue weighted by Gasteiger charge is 2.39. The number of nitrogens with one attached hydrogen (secondary N) is 1. The van der Waals surface area contributed by atoms with E-state index in [1.807, 2.05) is 0 Å². The van der Waals surface area contributed by atoms with E-state index in [4.69, 9.17) is 21.3 Å². The molecule has 1 aromatic carbocycles. The molecule has 5 rings (SSSR count). The van der Waals surface area contributed by atoms with Crippen LogP contribution >= 0.6 is 22.9 Å². The number of sulfonamides is 1. The van der Waals surface area contributed by atoms with Gasteiger partial charge in [-0.05, 0) is 31.9 Å². The number of aromatic nitrogens is 3. The Labute approximate surface area is 245 Å². The minimum Gasteiger partial charge on any atom is -0.466 e. The van der Waals surface area contributed by atoms with E-state index in [0.29, 0.717) is 34.9 Å². The molecule has 2 N–H and O–H groups in total. The maximum atomic E-state index is 13.9.